The predicted molar refractivity (Wildman–Crippen MR) is 134 cm³/mol. The Kier molecular flexibility index (Phi) is 4.53. The highest BCUT2D eigenvalue weighted by atomic mass is 15.2. The van der Waals surface area contributed by atoms with Crippen LogP contribution in [0.15, 0.2) is 96.0 Å². The van der Waals surface area contributed by atoms with Crippen LogP contribution in [0.25, 0.3) is 28.4 Å². The minimum absolute atomic E-state index is 0.854. The van der Waals surface area contributed by atoms with Crippen LogP contribution in [-0.2, 0) is 6.42 Å². The highest BCUT2D eigenvalue weighted by Crippen LogP contribution is 2.34. The lowest BCUT2D eigenvalue weighted by molar-refractivity contribution is 0.559. The van der Waals surface area contributed by atoms with Crippen LogP contribution in [0, 0.1) is 0 Å². The molecule has 0 spiro atoms. The van der Waals surface area contributed by atoms with Crippen LogP contribution in [0.2, 0.25) is 0 Å². The average molecular weight is 416 g/mol. The van der Waals surface area contributed by atoms with Crippen molar-refractivity contribution in [2.24, 2.45) is 4.99 Å². The third-order valence-electron chi connectivity index (χ3n) is 6.45. The van der Waals surface area contributed by atoms with E-state index in [0.29, 0.717) is 0 Å². The molecule has 1 aliphatic heterocycles. The Morgan fingerprint density at radius 1 is 0.812 bits per heavy atom. The maximum atomic E-state index is 5.00. The monoisotopic (exact) mass is 415 g/mol. The molecule has 3 aromatic carbocycles. The van der Waals surface area contributed by atoms with Crippen LogP contribution in [0.4, 0.5) is 0 Å². The van der Waals surface area contributed by atoms with Crippen LogP contribution >= 0.6 is 0 Å². The van der Waals surface area contributed by atoms with Crippen molar-refractivity contribution in [1.29, 1.82) is 0 Å². The molecule has 0 fully saturated rings. The standard InChI is InChI=1S/C29H25N3/c1-31-20-19-26(21-9-3-2-4-10-21)30-29(31)22-15-17-23(18-16-22)32-27-13-7-5-11-24(27)25-12-6-8-14-28(25)32/h2-7,9-13,15-19H,8,14,20H2,1H3. The zero-order valence-corrected chi connectivity index (χ0v) is 18.2. The molecule has 3 heteroatoms. The van der Waals surface area contributed by atoms with Crippen molar-refractivity contribution < 1.29 is 0 Å². The largest absolute Gasteiger partial charge is 0.355 e. The summed E-state index contributed by atoms with van der Waals surface area (Å²) in [5.74, 6) is 1.01. The van der Waals surface area contributed by atoms with Gasteiger partial charge >= 0.3 is 0 Å². The normalized spacial score (nSPS) is 15.5. The fraction of sp³-hybridized carbons (Fsp3) is 0.138. The van der Waals surface area contributed by atoms with Gasteiger partial charge in [-0.15, -0.1) is 0 Å². The smallest absolute Gasteiger partial charge is 0.136 e. The maximum Gasteiger partial charge on any atom is 0.136 e. The number of para-hydroxylation sites is 1. The van der Waals surface area contributed by atoms with Crippen molar-refractivity contribution in [3.05, 3.63) is 113 Å². The molecule has 0 amide bonds. The second kappa shape index (κ2) is 7.69. The average Bonchev–Trinajstić information content (AvgIpc) is 3.20. The Labute approximate surface area is 188 Å². The molecule has 0 saturated carbocycles. The van der Waals surface area contributed by atoms with Gasteiger partial charge in [-0.3, -0.25) is 0 Å². The number of hydrogen-bond acceptors (Lipinski definition) is 2. The molecule has 156 valence electrons. The van der Waals surface area contributed by atoms with Gasteiger partial charge in [-0.1, -0.05) is 60.7 Å². The summed E-state index contributed by atoms with van der Waals surface area (Å²) in [5.41, 5.74) is 8.60. The van der Waals surface area contributed by atoms with Crippen molar-refractivity contribution in [2.45, 2.75) is 12.8 Å². The number of benzene rings is 3. The number of aromatic nitrogens is 1. The second-order valence-corrected chi connectivity index (χ2v) is 8.47. The van der Waals surface area contributed by atoms with E-state index in [-0.39, 0.29) is 0 Å². The van der Waals surface area contributed by atoms with Gasteiger partial charge in [0.25, 0.3) is 0 Å². The molecule has 0 saturated heterocycles. The molecule has 1 aromatic heterocycles. The van der Waals surface area contributed by atoms with Gasteiger partial charge in [0.15, 0.2) is 0 Å². The number of nitrogens with zero attached hydrogens (tertiary/aromatic N) is 3. The van der Waals surface area contributed by atoms with Gasteiger partial charge in [-0.05, 0) is 54.8 Å². The topological polar surface area (TPSA) is 20.5 Å². The van der Waals surface area contributed by atoms with E-state index in [4.69, 9.17) is 4.99 Å². The summed E-state index contributed by atoms with van der Waals surface area (Å²) in [6, 6.07) is 28.0. The first-order valence-corrected chi connectivity index (χ1v) is 11.2. The van der Waals surface area contributed by atoms with Gasteiger partial charge in [0.1, 0.15) is 5.84 Å². The number of allylic oxidation sites excluding steroid dienone is 1. The number of fused-ring (bicyclic) bond motifs is 3. The first-order valence-electron chi connectivity index (χ1n) is 11.2. The van der Waals surface area contributed by atoms with Gasteiger partial charge in [0.05, 0.1) is 11.2 Å². The highest BCUT2D eigenvalue weighted by Gasteiger charge is 2.19. The summed E-state index contributed by atoms with van der Waals surface area (Å²) in [7, 11) is 2.10. The molecule has 0 unspecified atom stereocenters. The molecule has 2 heterocycles. The number of amidine groups is 1. The van der Waals surface area contributed by atoms with Gasteiger partial charge in [0, 0.05) is 41.5 Å². The summed E-state index contributed by atoms with van der Waals surface area (Å²) >= 11 is 0. The minimum atomic E-state index is 0.854. The Bertz CT molecular complexity index is 1390. The summed E-state index contributed by atoms with van der Waals surface area (Å²) in [5, 5.41) is 1.33. The molecule has 0 bridgehead atoms. The molecular formula is C29H25N3. The Morgan fingerprint density at radius 2 is 1.59 bits per heavy atom. The van der Waals surface area contributed by atoms with Crippen molar-refractivity contribution in [3.8, 4) is 5.69 Å². The highest BCUT2D eigenvalue weighted by molar-refractivity contribution is 6.03. The quantitative estimate of drug-likeness (QED) is 0.383. The first kappa shape index (κ1) is 18.9. The van der Waals surface area contributed by atoms with Gasteiger partial charge < -0.3 is 9.47 Å². The molecular weight excluding hydrogens is 390 g/mol. The number of aliphatic imine (C=N–C) groups is 1. The Hall–Kier alpha value is -3.85. The molecule has 32 heavy (non-hydrogen) atoms. The van der Waals surface area contributed by atoms with E-state index in [1.165, 1.54) is 27.8 Å². The first-order chi connectivity index (χ1) is 15.8. The molecule has 2 aliphatic rings. The van der Waals surface area contributed by atoms with Crippen LogP contribution in [0.1, 0.15) is 28.8 Å². The third-order valence-corrected chi connectivity index (χ3v) is 6.45. The molecule has 4 aromatic rings. The molecule has 0 radical (unpaired) electrons. The SMILES string of the molecule is CN1CC=C(c2ccccc2)N=C1c1ccc(-n2c3c(c4ccccc42)C=CCC3)cc1. The predicted octanol–water partition coefficient (Wildman–Crippen LogP) is 6.32. The molecule has 1 aliphatic carbocycles. The van der Waals surface area contributed by atoms with Crippen LogP contribution in [0.3, 0.4) is 0 Å². The summed E-state index contributed by atoms with van der Waals surface area (Å²) in [4.78, 5) is 7.21. The lowest BCUT2D eigenvalue weighted by atomic mass is 10.0. The fourth-order valence-corrected chi connectivity index (χ4v) is 4.86. The molecule has 0 atom stereocenters. The molecule has 3 nitrogen and oxygen atoms in total. The fourth-order valence-electron chi connectivity index (χ4n) is 4.86. The summed E-state index contributed by atoms with van der Waals surface area (Å²) < 4.78 is 2.43. The van der Waals surface area contributed by atoms with Crippen LogP contribution in [-0.4, -0.2) is 28.9 Å². The van der Waals surface area contributed by atoms with E-state index in [1.54, 1.807) is 0 Å². The second-order valence-electron chi connectivity index (χ2n) is 8.47. The zero-order chi connectivity index (χ0) is 21.5. The van der Waals surface area contributed by atoms with Gasteiger partial charge in [-0.2, -0.15) is 0 Å². The van der Waals surface area contributed by atoms with E-state index >= 15 is 0 Å². The number of rotatable bonds is 3. The molecule has 0 N–H and O–H groups in total. The van der Waals surface area contributed by atoms with Gasteiger partial charge in [0.2, 0.25) is 0 Å². The lowest BCUT2D eigenvalue weighted by Crippen LogP contribution is -2.30. The van der Waals surface area contributed by atoms with E-state index < -0.39 is 0 Å². The third kappa shape index (κ3) is 3.09. The zero-order valence-electron chi connectivity index (χ0n) is 18.2. The van der Waals surface area contributed by atoms with E-state index in [0.717, 1.165) is 42.0 Å². The Morgan fingerprint density at radius 3 is 2.44 bits per heavy atom. The summed E-state index contributed by atoms with van der Waals surface area (Å²) in [6.45, 7) is 0.854. The van der Waals surface area contributed by atoms with Gasteiger partial charge in [-0.25, -0.2) is 4.99 Å². The number of hydrogen-bond donors (Lipinski definition) is 0. The maximum absolute atomic E-state index is 5.00. The Balaban J connectivity index is 1.41. The van der Waals surface area contributed by atoms with E-state index in [9.17, 15) is 0 Å². The van der Waals surface area contributed by atoms with Crippen molar-refractivity contribution >= 4 is 28.5 Å². The lowest BCUT2D eigenvalue weighted by Gasteiger charge is -2.25. The van der Waals surface area contributed by atoms with Crippen molar-refractivity contribution in [3.63, 3.8) is 0 Å². The minimum Gasteiger partial charge on any atom is -0.355 e. The van der Waals surface area contributed by atoms with Crippen LogP contribution < -0.4 is 0 Å². The van der Waals surface area contributed by atoms with Crippen LogP contribution in [0.5, 0.6) is 0 Å². The molecule has 6 rings (SSSR count). The van der Waals surface area contributed by atoms with Crippen molar-refractivity contribution in [2.75, 3.05) is 13.6 Å². The van der Waals surface area contributed by atoms with Crippen molar-refractivity contribution in [1.82, 2.24) is 9.47 Å². The van der Waals surface area contributed by atoms with E-state index in [2.05, 4.69) is 108 Å². The number of likely N-dealkylation sites (N-methyl/N-ethyl adjacent to an activating group) is 1. The summed E-state index contributed by atoms with van der Waals surface area (Å²) in [6.07, 6.45) is 8.94. The van der Waals surface area contributed by atoms with E-state index in [1.807, 2.05) is 6.07 Å².